The number of aromatic nitrogens is 4. The summed E-state index contributed by atoms with van der Waals surface area (Å²) >= 11 is 0. The Morgan fingerprint density at radius 1 is 1.13 bits per heavy atom. The van der Waals surface area contributed by atoms with E-state index in [2.05, 4.69) is 48.7 Å². The van der Waals surface area contributed by atoms with Gasteiger partial charge in [-0.25, -0.2) is 18.7 Å². The number of nitrogens with zero attached hydrogens (tertiary/aromatic N) is 7. The molecule has 3 N–H and O–H groups in total. The fourth-order valence-electron chi connectivity index (χ4n) is 4.85. The predicted molar refractivity (Wildman–Crippen MR) is 142 cm³/mol. The van der Waals surface area contributed by atoms with Crippen molar-refractivity contribution in [2.24, 2.45) is 5.92 Å². The molecule has 2 aliphatic rings. The number of phenolic OH excluding ortho intramolecular Hbond substituents is 1. The Balaban J connectivity index is 1.28. The van der Waals surface area contributed by atoms with E-state index in [0.29, 0.717) is 49.1 Å². The molecular formula is C27H30F2N8O. The number of phenols is 1. The Bertz CT molecular complexity index is 1340. The lowest BCUT2D eigenvalue weighted by atomic mass is 10.0. The van der Waals surface area contributed by atoms with E-state index in [4.69, 9.17) is 5.73 Å². The van der Waals surface area contributed by atoms with Gasteiger partial charge in [-0.05, 0) is 43.5 Å². The van der Waals surface area contributed by atoms with Gasteiger partial charge in [0.05, 0.1) is 17.9 Å². The van der Waals surface area contributed by atoms with Gasteiger partial charge in [-0.15, -0.1) is 10.2 Å². The summed E-state index contributed by atoms with van der Waals surface area (Å²) in [5.74, 6) is 7.90. The second-order valence-electron chi connectivity index (χ2n) is 9.65. The molecule has 0 aliphatic carbocycles. The molecule has 0 spiro atoms. The normalized spacial score (nSPS) is 18.6. The summed E-state index contributed by atoms with van der Waals surface area (Å²) in [7, 11) is 0. The van der Waals surface area contributed by atoms with Gasteiger partial charge in [0, 0.05) is 56.4 Å². The number of nitrogen functional groups attached to an aromatic ring is 1. The van der Waals surface area contributed by atoms with Gasteiger partial charge in [-0.2, -0.15) is 0 Å². The Labute approximate surface area is 220 Å². The van der Waals surface area contributed by atoms with Crippen molar-refractivity contribution in [2.45, 2.75) is 25.8 Å². The van der Waals surface area contributed by atoms with E-state index in [1.54, 1.807) is 29.3 Å². The zero-order valence-electron chi connectivity index (χ0n) is 21.1. The van der Waals surface area contributed by atoms with Crippen molar-refractivity contribution in [1.82, 2.24) is 25.1 Å². The van der Waals surface area contributed by atoms with E-state index in [1.165, 1.54) is 0 Å². The first kappa shape index (κ1) is 25.6. The molecule has 3 aromatic rings. The highest BCUT2D eigenvalue weighted by Crippen LogP contribution is 2.32. The largest absolute Gasteiger partial charge is 0.507 e. The number of likely N-dealkylation sites (tertiary alicyclic amines) is 1. The predicted octanol–water partition coefficient (Wildman–Crippen LogP) is 2.88. The van der Waals surface area contributed by atoms with Crippen LogP contribution >= 0.6 is 0 Å². The molecule has 11 heteroatoms. The number of aromatic hydroxyl groups is 1. The van der Waals surface area contributed by atoms with Crippen molar-refractivity contribution in [3.8, 4) is 28.8 Å². The van der Waals surface area contributed by atoms with E-state index in [0.717, 1.165) is 24.5 Å². The number of halogens is 2. The maximum Gasteiger partial charge on any atom is 0.251 e. The average Bonchev–Trinajstić information content (AvgIpc) is 3.07. The van der Waals surface area contributed by atoms with Crippen LogP contribution in [0.4, 0.5) is 26.1 Å². The quantitative estimate of drug-likeness (QED) is 0.491. The van der Waals surface area contributed by atoms with E-state index in [-0.39, 0.29) is 24.3 Å². The third kappa shape index (κ3) is 5.75. The molecule has 9 nitrogen and oxygen atoms in total. The van der Waals surface area contributed by atoms with Crippen LogP contribution < -0.4 is 15.5 Å². The van der Waals surface area contributed by atoms with Crippen LogP contribution in [0.3, 0.4) is 0 Å². The number of hydrogen-bond acceptors (Lipinski definition) is 9. The number of para-hydroxylation sites is 1. The first-order valence-corrected chi connectivity index (χ1v) is 12.7. The van der Waals surface area contributed by atoms with Crippen LogP contribution in [-0.2, 0) is 0 Å². The van der Waals surface area contributed by atoms with Crippen molar-refractivity contribution >= 4 is 17.3 Å². The monoisotopic (exact) mass is 520 g/mol. The highest BCUT2D eigenvalue weighted by atomic mass is 19.3. The maximum atomic E-state index is 12.5. The summed E-state index contributed by atoms with van der Waals surface area (Å²) in [6.07, 6.45) is 0.247. The van der Waals surface area contributed by atoms with Crippen LogP contribution in [0, 0.1) is 17.8 Å². The molecule has 2 fully saturated rings. The van der Waals surface area contributed by atoms with Gasteiger partial charge in [0.2, 0.25) is 5.82 Å². The van der Waals surface area contributed by atoms with Crippen LogP contribution in [0.1, 0.15) is 19.2 Å². The van der Waals surface area contributed by atoms with Gasteiger partial charge in [0.15, 0.2) is 5.82 Å². The smallest absolute Gasteiger partial charge is 0.251 e. The van der Waals surface area contributed by atoms with E-state index < -0.39 is 6.43 Å². The third-order valence-corrected chi connectivity index (χ3v) is 6.96. The van der Waals surface area contributed by atoms with Gasteiger partial charge in [-0.3, -0.25) is 4.90 Å². The first-order valence-electron chi connectivity index (χ1n) is 12.7. The molecule has 0 amide bonds. The molecule has 0 unspecified atom stereocenters. The Morgan fingerprint density at radius 2 is 1.95 bits per heavy atom. The van der Waals surface area contributed by atoms with E-state index in [1.807, 2.05) is 18.2 Å². The third-order valence-electron chi connectivity index (χ3n) is 6.96. The van der Waals surface area contributed by atoms with Crippen molar-refractivity contribution in [2.75, 3.05) is 54.8 Å². The number of anilines is 3. The van der Waals surface area contributed by atoms with Crippen LogP contribution in [-0.4, -0.2) is 81.9 Å². The molecule has 1 aromatic carbocycles. The second kappa shape index (κ2) is 11.1. The van der Waals surface area contributed by atoms with Gasteiger partial charge in [-0.1, -0.05) is 18.1 Å². The molecule has 2 aromatic heterocycles. The first-order chi connectivity index (χ1) is 18.4. The fourth-order valence-corrected chi connectivity index (χ4v) is 4.85. The number of hydrogen-bond donors (Lipinski definition) is 2. The molecule has 198 valence electrons. The number of alkyl halides is 2. The second-order valence-corrected chi connectivity index (χ2v) is 9.65. The van der Waals surface area contributed by atoms with Gasteiger partial charge in [0.25, 0.3) is 6.43 Å². The van der Waals surface area contributed by atoms with Crippen molar-refractivity contribution in [3.63, 3.8) is 0 Å². The van der Waals surface area contributed by atoms with Crippen LogP contribution in [0.15, 0.2) is 42.6 Å². The molecule has 2 saturated heterocycles. The molecule has 0 radical (unpaired) electrons. The average molecular weight is 521 g/mol. The molecule has 1 atom stereocenters. The molecular weight excluding hydrogens is 490 g/mol. The summed E-state index contributed by atoms with van der Waals surface area (Å²) in [5, 5.41) is 18.6. The number of rotatable bonds is 5. The van der Waals surface area contributed by atoms with Crippen LogP contribution in [0.2, 0.25) is 0 Å². The fraction of sp³-hybridized carbons (Fsp3) is 0.407. The summed E-state index contributed by atoms with van der Waals surface area (Å²) in [4.78, 5) is 15.1. The van der Waals surface area contributed by atoms with Crippen molar-refractivity contribution in [1.29, 1.82) is 0 Å². The molecule has 0 saturated carbocycles. The number of benzene rings is 1. The Kier molecular flexibility index (Phi) is 7.51. The lowest BCUT2D eigenvalue weighted by Crippen LogP contribution is -2.47. The lowest BCUT2D eigenvalue weighted by molar-refractivity contribution is 0.0413. The summed E-state index contributed by atoms with van der Waals surface area (Å²) in [5.41, 5.74) is 8.17. The van der Waals surface area contributed by atoms with E-state index in [9.17, 15) is 13.9 Å². The van der Waals surface area contributed by atoms with Gasteiger partial charge in [0.1, 0.15) is 11.6 Å². The Hall–Kier alpha value is -4.04. The highest BCUT2D eigenvalue weighted by Gasteiger charge is 2.27. The van der Waals surface area contributed by atoms with Crippen LogP contribution in [0.25, 0.3) is 11.3 Å². The lowest BCUT2D eigenvalue weighted by Gasteiger charge is -2.35. The molecule has 0 bridgehead atoms. The molecule has 5 rings (SSSR count). The van der Waals surface area contributed by atoms with Crippen LogP contribution in [0.5, 0.6) is 5.75 Å². The minimum atomic E-state index is -2.32. The Morgan fingerprint density at radius 3 is 2.74 bits per heavy atom. The van der Waals surface area contributed by atoms with E-state index >= 15 is 0 Å². The summed E-state index contributed by atoms with van der Waals surface area (Å²) in [6, 6.07) is 11.0. The molecule has 38 heavy (non-hydrogen) atoms. The van der Waals surface area contributed by atoms with Crippen molar-refractivity contribution in [3.05, 3.63) is 48.4 Å². The summed E-state index contributed by atoms with van der Waals surface area (Å²) in [6.45, 7) is 5.21. The minimum absolute atomic E-state index is 0.0637. The standard InChI is InChI=1S/C27H30F2N8O/c1-18-9-11-36(22-14-21(33-34-27(22)30)20-4-2-3-5-23(20)38)12-13-37(18)26-8-10-31-25(32-26)7-6-19-15-35(16-19)17-24(28)29/h2-5,8,10,14,18-19,24,38H,9,11-13,15-17H2,1H3,(H2,30,34)/t18-/m1/s1. The molecule has 2 aliphatic heterocycles. The minimum Gasteiger partial charge on any atom is -0.507 e. The molecule has 4 heterocycles. The highest BCUT2D eigenvalue weighted by molar-refractivity contribution is 5.74. The van der Waals surface area contributed by atoms with Gasteiger partial charge >= 0.3 is 0 Å². The maximum absolute atomic E-state index is 12.5. The zero-order chi connectivity index (χ0) is 26.6. The van der Waals surface area contributed by atoms with Gasteiger partial charge < -0.3 is 20.6 Å². The number of nitrogens with two attached hydrogens (primary N) is 1. The van der Waals surface area contributed by atoms with Crippen molar-refractivity contribution < 1.29 is 13.9 Å². The summed E-state index contributed by atoms with van der Waals surface area (Å²) < 4.78 is 25.0. The topological polar surface area (TPSA) is 108 Å². The SMILES string of the molecule is C[C@@H]1CCN(c2cc(-c3ccccc3O)nnc2N)CCN1c1ccnc(C#CC2CN(CC(F)F)C2)n1. The zero-order valence-corrected chi connectivity index (χ0v) is 21.1.